The van der Waals surface area contributed by atoms with Gasteiger partial charge in [-0.05, 0) is 30.0 Å². The van der Waals surface area contributed by atoms with Crippen LogP contribution in [0.1, 0.15) is 53.1 Å². The van der Waals surface area contributed by atoms with Crippen LogP contribution in [0.5, 0.6) is 0 Å². The third-order valence-electron chi connectivity index (χ3n) is 7.11. The highest BCUT2D eigenvalue weighted by Crippen LogP contribution is 2.33. The summed E-state index contributed by atoms with van der Waals surface area (Å²) >= 11 is 0. The molecule has 1 aliphatic carbocycles. The largest absolute Gasteiger partial charge is 0.511 e. The van der Waals surface area contributed by atoms with Crippen LogP contribution in [0.4, 0.5) is 5.69 Å². The van der Waals surface area contributed by atoms with Crippen molar-refractivity contribution < 1.29 is 24.3 Å². The van der Waals surface area contributed by atoms with E-state index in [4.69, 9.17) is 0 Å². The number of nitrogens with one attached hydrogen (secondary N) is 2. The molecule has 2 aromatic rings. The van der Waals surface area contributed by atoms with Crippen LogP contribution >= 0.6 is 0 Å². The van der Waals surface area contributed by atoms with Gasteiger partial charge in [-0.2, -0.15) is 0 Å². The predicted octanol–water partition coefficient (Wildman–Crippen LogP) is 2.89. The number of ketones is 1. The van der Waals surface area contributed by atoms with Gasteiger partial charge in [0, 0.05) is 55.4 Å². The van der Waals surface area contributed by atoms with Gasteiger partial charge >= 0.3 is 0 Å². The van der Waals surface area contributed by atoms with Gasteiger partial charge in [0.2, 0.25) is 11.8 Å². The van der Waals surface area contributed by atoms with E-state index in [1.165, 1.54) is 11.1 Å². The maximum absolute atomic E-state index is 13.0. The lowest BCUT2D eigenvalue weighted by molar-refractivity contribution is -0.137. The first-order valence-corrected chi connectivity index (χ1v) is 12.4. The number of carbonyl (C=O) groups excluding carboxylic acids is 4. The quantitative estimate of drug-likeness (QED) is 0.305. The Morgan fingerprint density at radius 3 is 2.62 bits per heavy atom. The summed E-state index contributed by atoms with van der Waals surface area (Å²) in [5.41, 5.74) is 3.41. The highest BCUT2D eigenvalue weighted by Gasteiger charge is 2.39. The summed E-state index contributed by atoms with van der Waals surface area (Å²) in [7, 11) is 0. The zero-order valence-corrected chi connectivity index (χ0v) is 20.3. The summed E-state index contributed by atoms with van der Waals surface area (Å²) in [6.07, 6.45) is 2.71. The summed E-state index contributed by atoms with van der Waals surface area (Å²) in [5.74, 6) is -1.07. The predicted molar refractivity (Wildman–Crippen MR) is 137 cm³/mol. The first-order chi connectivity index (χ1) is 17.9. The summed E-state index contributed by atoms with van der Waals surface area (Å²) in [5, 5.41) is 16.1. The first-order valence-electron chi connectivity index (χ1n) is 12.4. The molecule has 190 valence electrons. The number of carbonyl (C=O) groups is 4. The van der Waals surface area contributed by atoms with Crippen molar-refractivity contribution in [3.63, 3.8) is 0 Å². The SMILES string of the molecule is O=C1CCC(N2Cc3c(NCCN=CC4=C(O)CC(c5ccccc5)CC4=O)cccc3C2=O)C(=O)N1. The van der Waals surface area contributed by atoms with Crippen LogP contribution in [-0.2, 0) is 20.9 Å². The summed E-state index contributed by atoms with van der Waals surface area (Å²) < 4.78 is 0. The molecule has 3 aliphatic rings. The van der Waals surface area contributed by atoms with Crippen molar-refractivity contribution >= 4 is 35.4 Å². The number of rotatable bonds is 7. The van der Waals surface area contributed by atoms with Crippen LogP contribution in [0.3, 0.4) is 0 Å². The Kier molecular flexibility index (Phi) is 6.85. The van der Waals surface area contributed by atoms with Crippen LogP contribution in [0, 0.1) is 0 Å². The monoisotopic (exact) mass is 500 g/mol. The molecular formula is C28H28N4O5. The van der Waals surface area contributed by atoms with E-state index < -0.39 is 11.9 Å². The van der Waals surface area contributed by atoms with Crippen molar-refractivity contribution in [2.45, 2.75) is 44.2 Å². The number of hydrogen-bond donors (Lipinski definition) is 3. The van der Waals surface area contributed by atoms with E-state index >= 15 is 0 Å². The van der Waals surface area contributed by atoms with Crippen molar-refractivity contribution in [2.24, 2.45) is 4.99 Å². The third kappa shape index (κ3) is 5.02. The number of nitrogens with zero attached hydrogens (tertiary/aromatic N) is 2. The van der Waals surface area contributed by atoms with Crippen molar-refractivity contribution in [3.8, 4) is 0 Å². The molecule has 3 amide bonds. The van der Waals surface area contributed by atoms with Crippen LogP contribution in [0.2, 0.25) is 0 Å². The topological polar surface area (TPSA) is 128 Å². The molecule has 0 radical (unpaired) electrons. The Labute approximate surface area is 214 Å². The van der Waals surface area contributed by atoms with Gasteiger partial charge in [0.25, 0.3) is 5.91 Å². The molecule has 0 bridgehead atoms. The second-order valence-corrected chi connectivity index (χ2v) is 9.49. The Balaban J connectivity index is 1.18. The highest BCUT2D eigenvalue weighted by molar-refractivity contribution is 6.14. The lowest BCUT2D eigenvalue weighted by atomic mass is 9.83. The summed E-state index contributed by atoms with van der Waals surface area (Å²) in [6.45, 7) is 1.10. The molecule has 1 saturated heterocycles. The molecule has 2 heterocycles. The van der Waals surface area contributed by atoms with E-state index in [1.54, 1.807) is 12.1 Å². The number of benzene rings is 2. The van der Waals surface area contributed by atoms with Gasteiger partial charge in [0.15, 0.2) is 5.78 Å². The summed E-state index contributed by atoms with van der Waals surface area (Å²) in [4.78, 5) is 55.2. The molecule has 2 aliphatic heterocycles. The average Bonchev–Trinajstić information content (AvgIpc) is 3.22. The minimum absolute atomic E-state index is 0.0323. The molecule has 1 fully saturated rings. The van der Waals surface area contributed by atoms with Crippen LogP contribution in [0.15, 0.2) is 64.9 Å². The minimum atomic E-state index is -0.662. The number of hydrogen-bond acceptors (Lipinski definition) is 7. The van der Waals surface area contributed by atoms with Crippen molar-refractivity contribution in [2.75, 3.05) is 18.4 Å². The Morgan fingerprint density at radius 1 is 1.05 bits per heavy atom. The van der Waals surface area contributed by atoms with Crippen LogP contribution in [-0.4, -0.2) is 58.9 Å². The molecule has 3 N–H and O–H groups in total. The van der Waals surface area contributed by atoms with Gasteiger partial charge in [0.05, 0.1) is 12.1 Å². The van der Waals surface area contributed by atoms with E-state index in [0.717, 1.165) is 16.8 Å². The number of anilines is 1. The zero-order chi connectivity index (χ0) is 25.9. The first kappa shape index (κ1) is 24.4. The molecule has 0 saturated carbocycles. The number of Topliss-reactive ketones (excluding diaryl/α,β-unsaturated/α-hetero) is 1. The second kappa shape index (κ2) is 10.4. The van der Waals surface area contributed by atoms with Crippen LogP contribution < -0.4 is 10.6 Å². The van der Waals surface area contributed by atoms with Crippen molar-refractivity contribution in [3.05, 3.63) is 76.6 Å². The Bertz CT molecular complexity index is 1320. The van der Waals surface area contributed by atoms with Crippen molar-refractivity contribution in [1.29, 1.82) is 0 Å². The number of aliphatic imine (C=N–C) groups is 1. The number of aliphatic hydroxyl groups is 1. The number of amides is 3. The zero-order valence-electron chi connectivity index (χ0n) is 20.3. The molecule has 5 rings (SSSR count). The molecule has 0 spiro atoms. The molecule has 2 unspecified atom stereocenters. The van der Waals surface area contributed by atoms with E-state index in [2.05, 4.69) is 15.6 Å². The van der Waals surface area contributed by atoms with Crippen LogP contribution in [0.25, 0.3) is 0 Å². The van der Waals surface area contributed by atoms with Gasteiger partial charge in [-0.25, -0.2) is 0 Å². The minimum Gasteiger partial charge on any atom is -0.511 e. The number of allylic oxidation sites excluding steroid dienone is 2. The number of piperidine rings is 1. The van der Waals surface area contributed by atoms with E-state index in [-0.39, 0.29) is 47.8 Å². The number of imide groups is 1. The number of aliphatic hydroxyl groups excluding tert-OH is 1. The molecule has 37 heavy (non-hydrogen) atoms. The van der Waals surface area contributed by atoms with E-state index in [9.17, 15) is 24.3 Å². The molecule has 9 heteroatoms. The second-order valence-electron chi connectivity index (χ2n) is 9.49. The van der Waals surface area contributed by atoms with Gasteiger partial charge in [-0.3, -0.25) is 29.5 Å². The fourth-order valence-electron chi connectivity index (χ4n) is 5.18. The fraction of sp³-hybridized carbons (Fsp3) is 0.321. The Morgan fingerprint density at radius 2 is 1.86 bits per heavy atom. The van der Waals surface area contributed by atoms with Gasteiger partial charge in [-0.15, -0.1) is 0 Å². The van der Waals surface area contributed by atoms with Gasteiger partial charge in [-0.1, -0.05) is 36.4 Å². The van der Waals surface area contributed by atoms with E-state index in [0.29, 0.717) is 37.9 Å². The van der Waals surface area contributed by atoms with Gasteiger partial charge < -0.3 is 15.3 Å². The molecule has 2 aromatic carbocycles. The average molecular weight is 501 g/mol. The molecule has 0 aromatic heterocycles. The normalized spacial score (nSPS) is 22.0. The third-order valence-corrected chi connectivity index (χ3v) is 7.11. The maximum Gasteiger partial charge on any atom is 0.255 e. The molecular weight excluding hydrogens is 472 g/mol. The summed E-state index contributed by atoms with van der Waals surface area (Å²) in [6, 6.07) is 14.4. The number of fused-ring (bicyclic) bond motifs is 1. The Hall–Kier alpha value is -4.27. The lowest BCUT2D eigenvalue weighted by Crippen LogP contribution is -2.52. The van der Waals surface area contributed by atoms with E-state index in [1.807, 2.05) is 36.4 Å². The standard InChI is InChI=1S/C28H28N4O5/c33-24-13-18(17-5-2-1-3-6-17)14-25(34)20(24)15-29-11-12-30-22-8-4-7-19-21(22)16-32(28(19)37)23-9-10-26(35)31-27(23)36/h1-8,15,18,23,30,33H,9-14,16H2,(H,31,35,36). The molecule has 2 atom stereocenters. The molecule has 9 nitrogen and oxygen atoms in total. The smallest absolute Gasteiger partial charge is 0.255 e. The van der Waals surface area contributed by atoms with Crippen molar-refractivity contribution in [1.82, 2.24) is 10.2 Å². The maximum atomic E-state index is 13.0. The fourth-order valence-corrected chi connectivity index (χ4v) is 5.18. The van der Waals surface area contributed by atoms with Gasteiger partial charge in [0.1, 0.15) is 11.8 Å². The highest BCUT2D eigenvalue weighted by atomic mass is 16.3. The lowest BCUT2D eigenvalue weighted by Gasteiger charge is -2.29.